The number of rotatable bonds is 9. The third kappa shape index (κ3) is 5.77. The molecule has 1 unspecified atom stereocenters. The first-order valence-corrected chi connectivity index (χ1v) is 8.53. The molecule has 3 nitrogen and oxygen atoms in total. The van der Waals surface area contributed by atoms with Crippen molar-refractivity contribution in [1.82, 2.24) is 15.1 Å². The van der Waals surface area contributed by atoms with Crippen molar-refractivity contribution in [1.29, 1.82) is 0 Å². The summed E-state index contributed by atoms with van der Waals surface area (Å²) in [5.41, 5.74) is 1.43. The van der Waals surface area contributed by atoms with Gasteiger partial charge in [0.15, 0.2) is 0 Å². The SMILES string of the molecule is CCN(CC)CCCNC1CCN(Cc2ccccc2)C1. The Kier molecular flexibility index (Phi) is 7.20. The summed E-state index contributed by atoms with van der Waals surface area (Å²) in [7, 11) is 0. The Morgan fingerprint density at radius 1 is 1.19 bits per heavy atom. The van der Waals surface area contributed by atoms with E-state index in [0.717, 1.165) is 13.1 Å². The lowest BCUT2D eigenvalue weighted by atomic mass is 10.2. The molecular formula is C18H31N3. The Balaban J connectivity index is 1.60. The van der Waals surface area contributed by atoms with Crippen LogP contribution in [-0.4, -0.2) is 55.1 Å². The van der Waals surface area contributed by atoms with Crippen LogP contribution in [0.4, 0.5) is 0 Å². The minimum Gasteiger partial charge on any atom is -0.313 e. The molecule has 1 aliphatic heterocycles. The Hall–Kier alpha value is -0.900. The maximum Gasteiger partial charge on any atom is 0.0234 e. The molecule has 1 aromatic carbocycles. The molecule has 0 amide bonds. The summed E-state index contributed by atoms with van der Waals surface area (Å²) in [4.78, 5) is 5.06. The average molecular weight is 289 g/mol. The molecule has 1 heterocycles. The summed E-state index contributed by atoms with van der Waals surface area (Å²) < 4.78 is 0. The van der Waals surface area contributed by atoms with Crippen molar-refractivity contribution in [3.8, 4) is 0 Å². The van der Waals surface area contributed by atoms with Crippen LogP contribution in [0.5, 0.6) is 0 Å². The van der Waals surface area contributed by atoms with Gasteiger partial charge in [-0.1, -0.05) is 44.2 Å². The van der Waals surface area contributed by atoms with E-state index in [2.05, 4.69) is 59.3 Å². The maximum atomic E-state index is 3.73. The normalized spacial score (nSPS) is 19.5. The minimum absolute atomic E-state index is 0.686. The predicted molar refractivity (Wildman–Crippen MR) is 90.5 cm³/mol. The molecule has 0 aliphatic carbocycles. The second kappa shape index (κ2) is 9.19. The fourth-order valence-electron chi connectivity index (χ4n) is 3.13. The fourth-order valence-corrected chi connectivity index (χ4v) is 3.13. The fraction of sp³-hybridized carbons (Fsp3) is 0.667. The molecule has 1 fully saturated rings. The minimum atomic E-state index is 0.686. The Bertz CT molecular complexity index is 375. The van der Waals surface area contributed by atoms with E-state index in [1.165, 1.54) is 51.1 Å². The van der Waals surface area contributed by atoms with Gasteiger partial charge >= 0.3 is 0 Å². The van der Waals surface area contributed by atoms with E-state index in [1.54, 1.807) is 0 Å². The van der Waals surface area contributed by atoms with Gasteiger partial charge in [0, 0.05) is 25.7 Å². The van der Waals surface area contributed by atoms with Crippen molar-refractivity contribution in [3.63, 3.8) is 0 Å². The van der Waals surface area contributed by atoms with Crippen LogP contribution < -0.4 is 5.32 Å². The van der Waals surface area contributed by atoms with E-state index in [-0.39, 0.29) is 0 Å². The predicted octanol–water partition coefficient (Wildman–Crippen LogP) is 2.58. The number of hydrogen-bond donors (Lipinski definition) is 1. The zero-order valence-corrected chi connectivity index (χ0v) is 13.7. The molecule has 1 N–H and O–H groups in total. The van der Waals surface area contributed by atoms with Crippen molar-refractivity contribution in [2.24, 2.45) is 0 Å². The molecule has 0 bridgehead atoms. The molecule has 118 valence electrons. The third-order valence-electron chi connectivity index (χ3n) is 4.50. The van der Waals surface area contributed by atoms with Gasteiger partial charge in [0.05, 0.1) is 0 Å². The third-order valence-corrected chi connectivity index (χ3v) is 4.50. The van der Waals surface area contributed by atoms with Crippen LogP contribution in [0.3, 0.4) is 0 Å². The number of nitrogens with zero attached hydrogens (tertiary/aromatic N) is 2. The van der Waals surface area contributed by atoms with E-state index in [4.69, 9.17) is 0 Å². The van der Waals surface area contributed by atoms with Crippen molar-refractivity contribution in [2.75, 3.05) is 39.3 Å². The molecule has 21 heavy (non-hydrogen) atoms. The molecule has 1 aromatic rings. The van der Waals surface area contributed by atoms with Crippen LogP contribution in [0.2, 0.25) is 0 Å². The summed E-state index contributed by atoms with van der Waals surface area (Å²) in [6, 6.07) is 11.5. The van der Waals surface area contributed by atoms with Crippen molar-refractivity contribution >= 4 is 0 Å². The van der Waals surface area contributed by atoms with Crippen LogP contribution in [-0.2, 0) is 6.54 Å². The van der Waals surface area contributed by atoms with Crippen molar-refractivity contribution in [2.45, 2.75) is 39.3 Å². The highest BCUT2D eigenvalue weighted by atomic mass is 15.2. The summed E-state index contributed by atoms with van der Waals surface area (Å²) in [5.74, 6) is 0. The van der Waals surface area contributed by atoms with E-state index in [0.29, 0.717) is 6.04 Å². The van der Waals surface area contributed by atoms with Crippen molar-refractivity contribution < 1.29 is 0 Å². The van der Waals surface area contributed by atoms with E-state index >= 15 is 0 Å². The zero-order chi connectivity index (χ0) is 14.9. The van der Waals surface area contributed by atoms with Crippen molar-refractivity contribution in [3.05, 3.63) is 35.9 Å². The van der Waals surface area contributed by atoms with E-state index < -0.39 is 0 Å². The summed E-state index contributed by atoms with van der Waals surface area (Å²) in [6.07, 6.45) is 2.55. The lowest BCUT2D eigenvalue weighted by Crippen LogP contribution is -2.34. The summed E-state index contributed by atoms with van der Waals surface area (Å²) in [5, 5.41) is 3.73. The lowest BCUT2D eigenvalue weighted by Gasteiger charge is -2.19. The monoisotopic (exact) mass is 289 g/mol. The second-order valence-corrected chi connectivity index (χ2v) is 6.04. The summed E-state index contributed by atoms with van der Waals surface area (Å²) in [6.45, 7) is 12.7. The van der Waals surface area contributed by atoms with Gasteiger partial charge in [-0.3, -0.25) is 4.90 Å². The molecule has 2 rings (SSSR count). The number of likely N-dealkylation sites (tertiary alicyclic amines) is 1. The molecule has 3 heteroatoms. The van der Waals surface area contributed by atoms with Crippen LogP contribution in [0.1, 0.15) is 32.3 Å². The van der Waals surface area contributed by atoms with Crippen LogP contribution in [0, 0.1) is 0 Å². The first-order valence-electron chi connectivity index (χ1n) is 8.53. The van der Waals surface area contributed by atoms with Gasteiger partial charge in [0.1, 0.15) is 0 Å². The largest absolute Gasteiger partial charge is 0.313 e. The van der Waals surface area contributed by atoms with E-state index in [1.807, 2.05) is 0 Å². The van der Waals surface area contributed by atoms with Crippen LogP contribution in [0.15, 0.2) is 30.3 Å². The van der Waals surface area contributed by atoms with E-state index in [9.17, 15) is 0 Å². The molecule has 0 aromatic heterocycles. The van der Waals surface area contributed by atoms with Gasteiger partial charge in [0.25, 0.3) is 0 Å². The molecule has 0 spiro atoms. The van der Waals surface area contributed by atoms with Gasteiger partial charge in [-0.2, -0.15) is 0 Å². The highest BCUT2D eigenvalue weighted by Gasteiger charge is 2.21. The number of benzene rings is 1. The maximum absolute atomic E-state index is 3.73. The van der Waals surface area contributed by atoms with Gasteiger partial charge < -0.3 is 10.2 Å². The van der Waals surface area contributed by atoms with Gasteiger partial charge in [-0.25, -0.2) is 0 Å². The molecule has 1 aliphatic rings. The highest BCUT2D eigenvalue weighted by Crippen LogP contribution is 2.13. The molecule has 0 saturated carbocycles. The standard InChI is InChI=1S/C18H31N3/c1-3-20(4-2)13-8-12-19-18-11-14-21(16-18)15-17-9-6-5-7-10-17/h5-7,9-10,18-19H,3-4,8,11-16H2,1-2H3. The molecular weight excluding hydrogens is 258 g/mol. The number of hydrogen-bond acceptors (Lipinski definition) is 3. The quantitative estimate of drug-likeness (QED) is 0.705. The van der Waals surface area contributed by atoms with Gasteiger partial charge in [0.2, 0.25) is 0 Å². The lowest BCUT2D eigenvalue weighted by molar-refractivity contribution is 0.292. The Morgan fingerprint density at radius 3 is 2.67 bits per heavy atom. The first-order chi connectivity index (χ1) is 10.3. The smallest absolute Gasteiger partial charge is 0.0234 e. The molecule has 1 atom stereocenters. The Morgan fingerprint density at radius 2 is 1.95 bits per heavy atom. The summed E-state index contributed by atoms with van der Waals surface area (Å²) >= 11 is 0. The average Bonchev–Trinajstić information content (AvgIpc) is 2.96. The molecule has 0 radical (unpaired) electrons. The van der Waals surface area contributed by atoms with Gasteiger partial charge in [-0.15, -0.1) is 0 Å². The first kappa shape index (κ1) is 16.5. The molecule has 1 saturated heterocycles. The highest BCUT2D eigenvalue weighted by molar-refractivity contribution is 5.14. The van der Waals surface area contributed by atoms with Crippen LogP contribution in [0.25, 0.3) is 0 Å². The topological polar surface area (TPSA) is 18.5 Å². The zero-order valence-electron chi connectivity index (χ0n) is 13.7. The van der Waals surface area contributed by atoms with Gasteiger partial charge in [-0.05, 0) is 44.6 Å². The second-order valence-electron chi connectivity index (χ2n) is 6.04. The Labute approximate surface area is 130 Å². The van der Waals surface area contributed by atoms with Crippen LogP contribution >= 0.6 is 0 Å². The number of nitrogens with one attached hydrogen (secondary N) is 1.